The van der Waals surface area contributed by atoms with E-state index in [-0.39, 0.29) is 11.8 Å². The number of nitrogens with one attached hydrogen (secondary N) is 1. The highest BCUT2D eigenvalue weighted by Crippen LogP contribution is 2.25. The van der Waals surface area contributed by atoms with E-state index in [0.717, 1.165) is 30.9 Å². The fourth-order valence-corrected chi connectivity index (χ4v) is 3.68. The monoisotopic (exact) mass is 366 g/mol. The summed E-state index contributed by atoms with van der Waals surface area (Å²) in [6.45, 7) is 5.40. The molecule has 0 aromatic heterocycles. The number of hydrogen-bond donors (Lipinski definition) is 1. The van der Waals surface area contributed by atoms with Crippen LogP contribution in [0.4, 0.5) is 0 Å². The molecule has 1 aliphatic heterocycles. The lowest BCUT2D eigenvalue weighted by atomic mass is 10.0. The van der Waals surface area contributed by atoms with Crippen molar-refractivity contribution in [1.82, 2.24) is 10.2 Å². The molecule has 2 aromatic carbocycles. The molecule has 3 rings (SSSR count). The second-order valence-corrected chi connectivity index (χ2v) is 7.31. The van der Waals surface area contributed by atoms with E-state index in [4.69, 9.17) is 4.74 Å². The van der Waals surface area contributed by atoms with Crippen LogP contribution in [0.25, 0.3) is 0 Å². The Bertz CT molecular complexity index is 719. The van der Waals surface area contributed by atoms with E-state index in [0.29, 0.717) is 6.54 Å². The van der Waals surface area contributed by atoms with Crippen molar-refractivity contribution in [2.24, 2.45) is 0 Å². The molecule has 4 heteroatoms. The van der Waals surface area contributed by atoms with Gasteiger partial charge in [0.15, 0.2) is 5.78 Å². The molecule has 1 N–H and O–H groups in total. The van der Waals surface area contributed by atoms with Gasteiger partial charge < -0.3 is 10.1 Å². The topological polar surface area (TPSA) is 41.6 Å². The molecule has 1 unspecified atom stereocenters. The van der Waals surface area contributed by atoms with Crippen molar-refractivity contribution in [2.45, 2.75) is 32.2 Å². The zero-order valence-corrected chi connectivity index (χ0v) is 16.4. The van der Waals surface area contributed by atoms with Crippen molar-refractivity contribution in [3.63, 3.8) is 0 Å². The first-order valence-corrected chi connectivity index (χ1v) is 9.86. The van der Waals surface area contributed by atoms with E-state index in [1.807, 2.05) is 43.3 Å². The summed E-state index contributed by atoms with van der Waals surface area (Å²) in [6, 6.07) is 16.4. The number of likely N-dealkylation sites (tertiary alicyclic amines) is 1. The summed E-state index contributed by atoms with van der Waals surface area (Å²) in [5.74, 6) is 1.01. The van der Waals surface area contributed by atoms with Crippen molar-refractivity contribution in [3.8, 4) is 5.75 Å². The fourth-order valence-electron chi connectivity index (χ4n) is 3.68. The number of piperidine rings is 1. The van der Waals surface area contributed by atoms with Crippen LogP contribution in [0.3, 0.4) is 0 Å². The SMILES string of the molecule is COc1ccc(C(CNCC(=O)c2ccc(C)cc2)N2CCCCC2)cc1. The molecule has 1 atom stereocenters. The number of ether oxygens (including phenoxy) is 1. The van der Waals surface area contributed by atoms with Crippen LogP contribution in [0.5, 0.6) is 5.75 Å². The molecule has 0 aliphatic carbocycles. The molecular weight excluding hydrogens is 336 g/mol. The third-order valence-electron chi connectivity index (χ3n) is 5.33. The summed E-state index contributed by atoms with van der Waals surface area (Å²) < 4.78 is 5.29. The van der Waals surface area contributed by atoms with Gasteiger partial charge in [0.2, 0.25) is 0 Å². The molecule has 144 valence electrons. The van der Waals surface area contributed by atoms with Gasteiger partial charge in [-0.1, -0.05) is 48.4 Å². The van der Waals surface area contributed by atoms with E-state index in [2.05, 4.69) is 22.3 Å². The lowest BCUT2D eigenvalue weighted by molar-refractivity contribution is 0.0983. The van der Waals surface area contributed by atoms with E-state index >= 15 is 0 Å². The minimum absolute atomic E-state index is 0.141. The highest BCUT2D eigenvalue weighted by Gasteiger charge is 2.22. The number of benzene rings is 2. The van der Waals surface area contributed by atoms with Gasteiger partial charge in [-0.15, -0.1) is 0 Å². The molecule has 1 fully saturated rings. The number of ketones is 1. The Kier molecular flexibility index (Phi) is 7.02. The van der Waals surface area contributed by atoms with Gasteiger partial charge in [0, 0.05) is 18.2 Å². The number of hydrogen-bond acceptors (Lipinski definition) is 4. The maximum absolute atomic E-state index is 12.4. The number of methoxy groups -OCH3 is 1. The summed E-state index contributed by atoms with van der Waals surface area (Å²) in [5.41, 5.74) is 3.21. The molecule has 0 saturated carbocycles. The molecule has 1 heterocycles. The fraction of sp³-hybridized carbons (Fsp3) is 0.435. The predicted molar refractivity (Wildman–Crippen MR) is 110 cm³/mol. The third-order valence-corrected chi connectivity index (χ3v) is 5.33. The van der Waals surface area contributed by atoms with Gasteiger partial charge in [-0.3, -0.25) is 9.69 Å². The van der Waals surface area contributed by atoms with Crippen molar-refractivity contribution < 1.29 is 9.53 Å². The second-order valence-electron chi connectivity index (χ2n) is 7.31. The predicted octanol–water partition coefficient (Wildman–Crippen LogP) is 4.00. The zero-order valence-electron chi connectivity index (χ0n) is 16.4. The number of nitrogens with zero attached hydrogens (tertiary/aromatic N) is 1. The molecular formula is C23H30N2O2. The number of carbonyl (C=O) groups is 1. The minimum Gasteiger partial charge on any atom is -0.497 e. The highest BCUT2D eigenvalue weighted by molar-refractivity contribution is 5.97. The van der Waals surface area contributed by atoms with Gasteiger partial charge in [-0.2, -0.15) is 0 Å². The van der Waals surface area contributed by atoms with E-state index in [1.54, 1.807) is 7.11 Å². The lowest BCUT2D eigenvalue weighted by Crippen LogP contribution is -2.40. The van der Waals surface area contributed by atoms with Crippen molar-refractivity contribution in [1.29, 1.82) is 0 Å². The average molecular weight is 367 g/mol. The largest absolute Gasteiger partial charge is 0.497 e. The zero-order chi connectivity index (χ0) is 19.1. The summed E-state index contributed by atoms with van der Waals surface area (Å²) in [4.78, 5) is 15.0. The Balaban J connectivity index is 1.63. The Hall–Kier alpha value is -2.17. The Morgan fingerprint density at radius 3 is 2.33 bits per heavy atom. The van der Waals surface area contributed by atoms with Gasteiger partial charge in [0.05, 0.1) is 13.7 Å². The van der Waals surface area contributed by atoms with Crippen molar-refractivity contribution in [2.75, 3.05) is 33.3 Å². The molecule has 0 radical (unpaired) electrons. The van der Waals surface area contributed by atoms with Crippen LogP contribution in [0.1, 0.15) is 46.8 Å². The van der Waals surface area contributed by atoms with Gasteiger partial charge in [0.25, 0.3) is 0 Å². The first kappa shape index (κ1) is 19.6. The number of rotatable bonds is 8. The Morgan fingerprint density at radius 1 is 1.04 bits per heavy atom. The molecule has 27 heavy (non-hydrogen) atoms. The first-order valence-electron chi connectivity index (χ1n) is 9.86. The van der Waals surface area contributed by atoms with E-state index in [9.17, 15) is 4.79 Å². The van der Waals surface area contributed by atoms with Gasteiger partial charge in [-0.25, -0.2) is 0 Å². The maximum Gasteiger partial charge on any atom is 0.176 e. The lowest BCUT2D eigenvalue weighted by Gasteiger charge is -2.35. The van der Waals surface area contributed by atoms with Gasteiger partial charge in [0.1, 0.15) is 5.75 Å². The smallest absolute Gasteiger partial charge is 0.176 e. The van der Waals surface area contributed by atoms with Crippen molar-refractivity contribution >= 4 is 5.78 Å². The molecule has 0 bridgehead atoms. The maximum atomic E-state index is 12.4. The van der Waals surface area contributed by atoms with Crippen LogP contribution >= 0.6 is 0 Å². The Labute approximate surface area is 162 Å². The molecule has 1 aliphatic rings. The molecule has 0 amide bonds. The summed E-state index contributed by atoms with van der Waals surface area (Å²) in [5, 5.41) is 3.40. The minimum atomic E-state index is 0.141. The van der Waals surface area contributed by atoms with E-state index < -0.39 is 0 Å². The summed E-state index contributed by atoms with van der Waals surface area (Å²) >= 11 is 0. The quantitative estimate of drug-likeness (QED) is 0.717. The molecule has 0 spiro atoms. The molecule has 4 nitrogen and oxygen atoms in total. The molecule has 2 aromatic rings. The number of Topliss-reactive ketones (excluding diaryl/α,β-unsaturated/α-hetero) is 1. The average Bonchev–Trinajstić information content (AvgIpc) is 2.72. The van der Waals surface area contributed by atoms with Crippen LogP contribution in [-0.2, 0) is 0 Å². The number of carbonyl (C=O) groups excluding carboxylic acids is 1. The van der Waals surface area contributed by atoms with Crippen LogP contribution in [0.15, 0.2) is 48.5 Å². The second kappa shape index (κ2) is 9.67. The Morgan fingerprint density at radius 2 is 1.70 bits per heavy atom. The van der Waals surface area contributed by atoms with Crippen LogP contribution in [-0.4, -0.2) is 44.0 Å². The summed E-state index contributed by atoms with van der Waals surface area (Å²) in [6.07, 6.45) is 3.80. The van der Waals surface area contributed by atoms with Gasteiger partial charge >= 0.3 is 0 Å². The van der Waals surface area contributed by atoms with Gasteiger partial charge in [-0.05, 0) is 50.6 Å². The normalized spacial score (nSPS) is 16.1. The van der Waals surface area contributed by atoms with E-state index in [1.165, 1.54) is 30.4 Å². The number of aryl methyl sites for hydroxylation is 1. The first-order chi connectivity index (χ1) is 13.2. The standard InChI is InChI=1S/C23H30N2O2/c1-18-6-8-20(9-7-18)23(26)17-24-16-22(25-14-4-3-5-15-25)19-10-12-21(27-2)13-11-19/h6-13,22,24H,3-5,14-17H2,1-2H3. The highest BCUT2D eigenvalue weighted by atomic mass is 16.5. The van der Waals surface area contributed by atoms with Crippen LogP contribution in [0, 0.1) is 6.92 Å². The van der Waals surface area contributed by atoms with Crippen molar-refractivity contribution in [3.05, 3.63) is 65.2 Å². The summed E-state index contributed by atoms with van der Waals surface area (Å²) in [7, 11) is 1.69. The van der Waals surface area contributed by atoms with Crippen LogP contribution < -0.4 is 10.1 Å². The third kappa shape index (κ3) is 5.41. The van der Waals surface area contributed by atoms with Crippen LogP contribution in [0.2, 0.25) is 0 Å². The molecule has 1 saturated heterocycles.